The Balaban J connectivity index is 2.73. The van der Waals surface area contributed by atoms with Crippen LogP contribution in [0.5, 0.6) is 0 Å². The minimum Gasteiger partial charge on any atom is -0.392 e. The molecule has 0 unspecified atom stereocenters. The van der Waals surface area contributed by atoms with Crippen LogP contribution in [0, 0.1) is 0 Å². The summed E-state index contributed by atoms with van der Waals surface area (Å²) in [5.41, 5.74) is 0.820. The molecule has 0 bridgehead atoms. The van der Waals surface area contributed by atoms with Crippen molar-refractivity contribution in [3.63, 3.8) is 0 Å². The number of hydrogen-bond donors (Lipinski definition) is 1. The third kappa shape index (κ3) is 1.99. The van der Waals surface area contributed by atoms with Gasteiger partial charge in [0.25, 0.3) is 0 Å². The van der Waals surface area contributed by atoms with Gasteiger partial charge < -0.3 is 5.11 Å². The lowest BCUT2D eigenvalue weighted by atomic mass is 10.2. The molecular formula is C8H9NO. The molecule has 1 aliphatic rings. The Morgan fingerprint density at radius 1 is 1.30 bits per heavy atom. The Morgan fingerprint density at radius 2 is 2.20 bits per heavy atom. The number of nitrogens with zero attached hydrogens (tertiary/aromatic N) is 1. The van der Waals surface area contributed by atoms with Crippen LogP contribution >= 0.6 is 0 Å². The first-order valence-corrected chi connectivity index (χ1v) is 3.10. The molecule has 2 heteroatoms. The van der Waals surface area contributed by atoms with Gasteiger partial charge in [0.1, 0.15) is 0 Å². The van der Waals surface area contributed by atoms with Crippen molar-refractivity contribution in [1.29, 1.82) is 0 Å². The Labute approximate surface area is 59.9 Å². The van der Waals surface area contributed by atoms with Gasteiger partial charge in [-0.1, -0.05) is 18.2 Å². The van der Waals surface area contributed by atoms with E-state index in [4.69, 9.17) is 5.11 Å². The van der Waals surface area contributed by atoms with Gasteiger partial charge in [-0.2, -0.15) is 0 Å². The lowest BCUT2D eigenvalue weighted by Gasteiger charge is -1.92. The normalized spacial score (nSPS) is 16.3. The van der Waals surface area contributed by atoms with Gasteiger partial charge in [-0.25, -0.2) is 0 Å². The van der Waals surface area contributed by atoms with Crippen LogP contribution in [0.1, 0.15) is 0 Å². The highest BCUT2D eigenvalue weighted by atomic mass is 16.3. The fourth-order valence-electron chi connectivity index (χ4n) is 0.618. The van der Waals surface area contributed by atoms with E-state index in [9.17, 15) is 0 Å². The van der Waals surface area contributed by atoms with E-state index in [1.165, 1.54) is 0 Å². The molecule has 0 amide bonds. The predicted octanol–water partition coefficient (Wildman–Crippen LogP) is 1.06. The summed E-state index contributed by atoms with van der Waals surface area (Å²) in [7, 11) is 0. The third-order valence-corrected chi connectivity index (χ3v) is 1.13. The average molecular weight is 135 g/mol. The summed E-state index contributed by atoms with van der Waals surface area (Å²) in [6.45, 7) is 0.0433. The molecule has 0 radical (unpaired) electrons. The highest BCUT2D eigenvalue weighted by Gasteiger charge is 1.86. The molecule has 10 heavy (non-hydrogen) atoms. The summed E-state index contributed by atoms with van der Waals surface area (Å²) in [6, 6.07) is 0. The highest BCUT2D eigenvalue weighted by Crippen LogP contribution is 1.93. The second-order valence-corrected chi connectivity index (χ2v) is 1.90. The number of allylic oxidation sites excluding steroid dienone is 4. The van der Waals surface area contributed by atoms with Gasteiger partial charge in [-0.05, 0) is 11.6 Å². The number of rotatable bonds is 1. The van der Waals surface area contributed by atoms with Crippen LogP contribution in [-0.4, -0.2) is 17.9 Å². The second-order valence-electron chi connectivity index (χ2n) is 1.90. The molecule has 0 saturated carbocycles. The zero-order valence-electron chi connectivity index (χ0n) is 5.57. The van der Waals surface area contributed by atoms with Crippen LogP contribution in [0.25, 0.3) is 0 Å². The SMILES string of the molecule is OCC1=CC=CC=CN=C1. The minimum absolute atomic E-state index is 0.0433. The first-order chi connectivity index (χ1) is 4.93. The van der Waals surface area contributed by atoms with Crippen molar-refractivity contribution < 1.29 is 5.11 Å². The monoisotopic (exact) mass is 135 g/mol. The molecule has 0 aromatic rings. The van der Waals surface area contributed by atoms with Crippen LogP contribution in [0.2, 0.25) is 0 Å². The van der Waals surface area contributed by atoms with E-state index < -0.39 is 0 Å². The van der Waals surface area contributed by atoms with Crippen molar-refractivity contribution in [2.45, 2.75) is 0 Å². The van der Waals surface area contributed by atoms with E-state index in [0.717, 1.165) is 5.57 Å². The van der Waals surface area contributed by atoms with Crippen molar-refractivity contribution in [3.8, 4) is 0 Å². The molecular weight excluding hydrogens is 126 g/mol. The van der Waals surface area contributed by atoms with Gasteiger partial charge in [-0.15, -0.1) is 0 Å². The van der Waals surface area contributed by atoms with Crippen molar-refractivity contribution in [2.75, 3.05) is 6.61 Å². The number of aliphatic hydroxyl groups excluding tert-OH is 1. The quantitative estimate of drug-likeness (QED) is 0.573. The molecule has 0 aliphatic carbocycles. The maximum atomic E-state index is 8.69. The molecule has 1 heterocycles. The maximum absolute atomic E-state index is 8.69. The van der Waals surface area contributed by atoms with Crippen LogP contribution in [0.3, 0.4) is 0 Å². The van der Waals surface area contributed by atoms with E-state index in [-0.39, 0.29) is 6.61 Å². The summed E-state index contributed by atoms with van der Waals surface area (Å²) < 4.78 is 0. The summed E-state index contributed by atoms with van der Waals surface area (Å²) in [5.74, 6) is 0. The molecule has 0 spiro atoms. The van der Waals surface area contributed by atoms with Crippen molar-refractivity contribution >= 4 is 6.21 Å². The van der Waals surface area contributed by atoms with E-state index in [1.807, 2.05) is 24.3 Å². The Kier molecular flexibility index (Phi) is 2.64. The van der Waals surface area contributed by atoms with Crippen LogP contribution < -0.4 is 0 Å². The highest BCUT2D eigenvalue weighted by molar-refractivity contribution is 5.79. The van der Waals surface area contributed by atoms with Crippen molar-refractivity contribution in [2.24, 2.45) is 4.99 Å². The van der Waals surface area contributed by atoms with Gasteiger partial charge in [0.15, 0.2) is 0 Å². The van der Waals surface area contributed by atoms with E-state index in [1.54, 1.807) is 12.4 Å². The molecule has 0 atom stereocenters. The summed E-state index contributed by atoms with van der Waals surface area (Å²) in [5, 5.41) is 8.69. The summed E-state index contributed by atoms with van der Waals surface area (Å²) in [4.78, 5) is 3.90. The van der Waals surface area contributed by atoms with Crippen LogP contribution in [0.15, 0.2) is 41.1 Å². The van der Waals surface area contributed by atoms with E-state index >= 15 is 0 Å². The van der Waals surface area contributed by atoms with Gasteiger partial charge in [0, 0.05) is 12.4 Å². The topological polar surface area (TPSA) is 32.6 Å². The molecule has 1 aliphatic heterocycles. The smallest absolute Gasteiger partial charge is 0.0696 e. The zero-order chi connectivity index (χ0) is 7.23. The number of aliphatic hydroxyl groups is 1. The molecule has 1 rings (SSSR count). The van der Waals surface area contributed by atoms with Crippen molar-refractivity contribution in [1.82, 2.24) is 0 Å². The molecule has 0 fully saturated rings. The lowest BCUT2D eigenvalue weighted by molar-refractivity contribution is 0.337. The fourth-order valence-corrected chi connectivity index (χ4v) is 0.618. The average Bonchev–Trinajstić information content (AvgIpc) is 1.87. The minimum atomic E-state index is 0.0433. The third-order valence-electron chi connectivity index (χ3n) is 1.13. The molecule has 52 valence electrons. The Bertz CT molecular complexity index is 211. The first-order valence-electron chi connectivity index (χ1n) is 3.10. The van der Waals surface area contributed by atoms with Gasteiger partial charge in [-0.3, -0.25) is 4.99 Å². The Morgan fingerprint density at radius 3 is 3.00 bits per heavy atom. The molecule has 2 nitrogen and oxygen atoms in total. The largest absolute Gasteiger partial charge is 0.392 e. The van der Waals surface area contributed by atoms with Crippen molar-refractivity contribution in [3.05, 3.63) is 36.1 Å². The number of hydrogen-bond acceptors (Lipinski definition) is 2. The standard InChI is InChI=1S/C8H9NO/c10-7-8-4-2-1-3-5-9-6-8/h1-6,10H,7H2. The maximum Gasteiger partial charge on any atom is 0.0696 e. The summed E-state index contributed by atoms with van der Waals surface area (Å²) >= 11 is 0. The second kappa shape index (κ2) is 3.80. The number of aliphatic imine (C=N–C) groups is 1. The zero-order valence-corrected chi connectivity index (χ0v) is 5.57. The molecule has 0 aromatic heterocycles. The molecule has 0 aromatic carbocycles. The lowest BCUT2D eigenvalue weighted by Crippen LogP contribution is -1.90. The predicted molar refractivity (Wildman–Crippen MR) is 41.9 cm³/mol. The summed E-state index contributed by atoms with van der Waals surface area (Å²) in [6.07, 6.45) is 10.7. The van der Waals surface area contributed by atoms with Gasteiger partial charge in [0.2, 0.25) is 0 Å². The van der Waals surface area contributed by atoms with Crippen LogP contribution in [-0.2, 0) is 0 Å². The first kappa shape index (κ1) is 6.96. The van der Waals surface area contributed by atoms with Gasteiger partial charge in [0.05, 0.1) is 6.61 Å². The molecule has 0 saturated heterocycles. The van der Waals surface area contributed by atoms with E-state index in [2.05, 4.69) is 4.99 Å². The fraction of sp³-hybridized carbons (Fsp3) is 0.125. The Hall–Kier alpha value is -1.15. The van der Waals surface area contributed by atoms with Gasteiger partial charge >= 0.3 is 0 Å². The van der Waals surface area contributed by atoms with Crippen LogP contribution in [0.4, 0.5) is 0 Å². The van der Waals surface area contributed by atoms with E-state index in [0.29, 0.717) is 0 Å². The molecule has 1 N–H and O–H groups in total.